The quantitative estimate of drug-likeness (QED) is 0.416. The van der Waals surface area contributed by atoms with E-state index in [1.807, 2.05) is 0 Å². The van der Waals surface area contributed by atoms with Gasteiger partial charge in [0.05, 0.1) is 13.7 Å². The number of benzene rings is 2. The van der Waals surface area contributed by atoms with E-state index in [0.29, 0.717) is 39.4 Å². The first kappa shape index (κ1) is 21.5. The second kappa shape index (κ2) is 8.64. The van der Waals surface area contributed by atoms with Crippen molar-refractivity contribution in [2.75, 3.05) is 13.7 Å². The van der Waals surface area contributed by atoms with Gasteiger partial charge in [-0.15, -0.1) is 0 Å². The monoisotopic (exact) mass is 436 g/mol. The first-order valence-electron chi connectivity index (χ1n) is 8.88. The van der Waals surface area contributed by atoms with Crippen LogP contribution in [-0.2, 0) is 21.7 Å². The summed E-state index contributed by atoms with van der Waals surface area (Å²) in [7, 11) is -3.16. The molecule has 3 aromatic rings. The molecular weight excluding hydrogens is 416 g/mol. The normalized spacial score (nSPS) is 11.3. The fourth-order valence-electron chi connectivity index (χ4n) is 2.93. The van der Waals surface area contributed by atoms with E-state index >= 15 is 0 Å². The Kier molecular flexibility index (Phi) is 6.18. The van der Waals surface area contributed by atoms with Gasteiger partial charge in [0.15, 0.2) is 11.5 Å². The predicted octanol–water partition coefficient (Wildman–Crippen LogP) is 3.69. The van der Waals surface area contributed by atoms with E-state index in [0.717, 1.165) is 0 Å². The summed E-state index contributed by atoms with van der Waals surface area (Å²) in [5.74, 6) is 0.586. The SMILES string of the molecule is CCOC(=O)c1c(C)oc2cc(OC)c(OCc3cccc(OS(=O)(=O)O)c3)cc12. The highest BCUT2D eigenvalue weighted by Crippen LogP contribution is 2.37. The minimum Gasteiger partial charge on any atom is -0.493 e. The molecule has 0 saturated carbocycles. The number of methoxy groups -OCH3 is 1. The van der Waals surface area contributed by atoms with E-state index in [-0.39, 0.29) is 19.0 Å². The Morgan fingerprint density at radius 1 is 1.17 bits per heavy atom. The summed E-state index contributed by atoms with van der Waals surface area (Å²) < 4.78 is 56.9. The van der Waals surface area contributed by atoms with Crippen molar-refractivity contribution in [3.05, 3.63) is 53.3 Å². The van der Waals surface area contributed by atoms with Crippen LogP contribution in [0.5, 0.6) is 17.2 Å². The molecule has 0 aliphatic heterocycles. The fraction of sp³-hybridized carbons (Fsp3) is 0.250. The molecule has 9 nitrogen and oxygen atoms in total. The Balaban J connectivity index is 1.91. The number of hydrogen-bond acceptors (Lipinski definition) is 8. The number of hydrogen-bond donors (Lipinski definition) is 1. The average molecular weight is 436 g/mol. The number of aryl methyl sites for hydroxylation is 1. The molecule has 1 N–H and O–H groups in total. The summed E-state index contributed by atoms with van der Waals surface area (Å²) in [6, 6.07) is 9.26. The van der Waals surface area contributed by atoms with Crippen LogP contribution in [-0.4, -0.2) is 32.7 Å². The third kappa shape index (κ3) is 4.84. The Bertz CT molecular complexity index is 1180. The standard InChI is InChI=1S/C20H20O9S/c1-4-26-20(21)19-12(2)28-16-10-17(25-3)18(9-15(16)19)27-11-13-6-5-7-14(8-13)29-30(22,23)24/h5-10H,4,11H2,1-3H3,(H,22,23,24). The zero-order valence-electron chi connectivity index (χ0n) is 16.5. The first-order chi connectivity index (χ1) is 14.2. The number of ether oxygens (including phenoxy) is 3. The molecule has 0 atom stereocenters. The van der Waals surface area contributed by atoms with Crippen LogP contribution < -0.4 is 13.7 Å². The summed E-state index contributed by atoms with van der Waals surface area (Å²) in [5.41, 5.74) is 1.33. The molecule has 0 aliphatic carbocycles. The smallest absolute Gasteiger partial charge is 0.446 e. The van der Waals surface area contributed by atoms with Crippen molar-refractivity contribution in [3.8, 4) is 17.2 Å². The van der Waals surface area contributed by atoms with Gasteiger partial charge >= 0.3 is 16.4 Å². The highest BCUT2D eigenvalue weighted by Gasteiger charge is 2.22. The van der Waals surface area contributed by atoms with E-state index in [9.17, 15) is 13.2 Å². The minimum absolute atomic E-state index is 0.0378. The Morgan fingerprint density at radius 2 is 1.93 bits per heavy atom. The van der Waals surface area contributed by atoms with E-state index in [2.05, 4.69) is 4.18 Å². The molecule has 1 aromatic heterocycles. The molecule has 0 bridgehead atoms. The second-order valence-corrected chi connectivity index (χ2v) is 7.22. The molecule has 160 valence electrons. The molecule has 0 unspecified atom stereocenters. The van der Waals surface area contributed by atoms with Gasteiger partial charge in [0.25, 0.3) is 0 Å². The fourth-order valence-corrected chi connectivity index (χ4v) is 3.27. The van der Waals surface area contributed by atoms with Gasteiger partial charge in [-0.1, -0.05) is 12.1 Å². The summed E-state index contributed by atoms with van der Waals surface area (Å²) in [6.07, 6.45) is 0. The van der Waals surface area contributed by atoms with Gasteiger partial charge in [0.1, 0.15) is 29.3 Å². The van der Waals surface area contributed by atoms with Crippen molar-refractivity contribution in [1.29, 1.82) is 0 Å². The summed E-state index contributed by atoms with van der Waals surface area (Å²) >= 11 is 0. The van der Waals surface area contributed by atoms with Gasteiger partial charge in [-0.05, 0) is 37.6 Å². The molecule has 30 heavy (non-hydrogen) atoms. The van der Waals surface area contributed by atoms with Crippen LogP contribution in [0.2, 0.25) is 0 Å². The van der Waals surface area contributed by atoms with E-state index in [1.54, 1.807) is 38.1 Å². The third-order valence-electron chi connectivity index (χ3n) is 4.12. The molecule has 1 heterocycles. The third-order valence-corrected chi connectivity index (χ3v) is 4.53. The van der Waals surface area contributed by atoms with E-state index < -0.39 is 16.4 Å². The number of fused-ring (bicyclic) bond motifs is 1. The van der Waals surface area contributed by atoms with Crippen molar-refractivity contribution in [2.45, 2.75) is 20.5 Å². The zero-order valence-corrected chi connectivity index (χ0v) is 17.3. The van der Waals surface area contributed by atoms with Crippen molar-refractivity contribution in [3.63, 3.8) is 0 Å². The maximum absolute atomic E-state index is 12.3. The van der Waals surface area contributed by atoms with E-state index in [1.165, 1.54) is 19.2 Å². The lowest BCUT2D eigenvalue weighted by molar-refractivity contribution is 0.0526. The molecule has 0 fully saturated rings. The lowest BCUT2D eigenvalue weighted by atomic mass is 10.1. The maximum atomic E-state index is 12.3. The summed E-state index contributed by atoms with van der Waals surface area (Å²) in [6.45, 7) is 3.65. The van der Waals surface area contributed by atoms with Gasteiger partial charge in [0.2, 0.25) is 0 Å². The lowest BCUT2D eigenvalue weighted by Gasteiger charge is -2.12. The Hall–Kier alpha value is -3.24. The van der Waals surface area contributed by atoms with Crippen LogP contribution in [0.3, 0.4) is 0 Å². The predicted molar refractivity (Wildman–Crippen MR) is 106 cm³/mol. The first-order valence-corrected chi connectivity index (χ1v) is 10.2. The van der Waals surface area contributed by atoms with Crippen LogP contribution in [0, 0.1) is 6.92 Å². The molecule has 10 heteroatoms. The average Bonchev–Trinajstić information content (AvgIpc) is 2.99. The van der Waals surface area contributed by atoms with Gasteiger partial charge in [-0.2, -0.15) is 8.42 Å². The zero-order chi connectivity index (χ0) is 21.9. The summed E-state index contributed by atoms with van der Waals surface area (Å²) in [4.78, 5) is 12.3. The van der Waals surface area contributed by atoms with Crippen molar-refractivity contribution < 1.29 is 40.6 Å². The van der Waals surface area contributed by atoms with Crippen molar-refractivity contribution in [2.24, 2.45) is 0 Å². The molecule has 2 aromatic carbocycles. The van der Waals surface area contributed by atoms with Crippen molar-refractivity contribution >= 4 is 27.3 Å². The van der Waals surface area contributed by atoms with Gasteiger partial charge in [-0.3, -0.25) is 4.55 Å². The molecular formula is C20H20O9S. The van der Waals surface area contributed by atoms with Gasteiger partial charge < -0.3 is 22.8 Å². The minimum atomic E-state index is -4.63. The number of furan rings is 1. The molecule has 0 aliphatic rings. The topological polar surface area (TPSA) is 122 Å². The second-order valence-electron chi connectivity index (χ2n) is 6.20. The largest absolute Gasteiger partial charge is 0.493 e. The van der Waals surface area contributed by atoms with Gasteiger partial charge in [0, 0.05) is 11.5 Å². The highest BCUT2D eigenvalue weighted by molar-refractivity contribution is 7.81. The van der Waals surface area contributed by atoms with Crippen LogP contribution in [0.25, 0.3) is 11.0 Å². The van der Waals surface area contributed by atoms with Crippen LogP contribution in [0.15, 0.2) is 40.8 Å². The molecule has 0 saturated heterocycles. The Morgan fingerprint density at radius 3 is 2.60 bits per heavy atom. The number of carbonyl (C=O) groups is 1. The van der Waals surface area contributed by atoms with Gasteiger partial charge in [-0.25, -0.2) is 4.79 Å². The molecule has 0 spiro atoms. The lowest BCUT2D eigenvalue weighted by Crippen LogP contribution is -2.07. The molecule has 0 amide bonds. The van der Waals surface area contributed by atoms with Crippen LogP contribution in [0.1, 0.15) is 28.6 Å². The summed E-state index contributed by atoms with van der Waals surface area (Å²) in [5, 5.41) is 0.519. The van der Waals surface area contributed by atoms with Crippen LogP contribution >= 0.6 is 0 Å². The molecule has 3 rings (SSSR count). The van der Waals surface area contributed by atoms with E-state index in [4.69, 9.17) is 23.2 Å². The maximum Gasteiger partial charge on any atom is 0.446 e. The Labute approximate surface area is 173 Å². The molecule has 0 radical (unpaired) electrons. The highest BCUT2D eigenvalue weighted by atomic mass is 32.3. The van der Waals surface area contributed by atoms with Crippen LogP contribution in [0.4, 0.5) is 0 Å². The number of esters is 1. The number of carbonyl (C=O) groups excluding carboxylic acids is 1. The number of rotatable bonds is 8. The van der Waals surface area contributed by atoms with Crippen molar-refractivity contribution in [1.82, 2.24) is 0 Å².